The number of ether oxygens (including phenoxy) is 2. The molecule has 1 N–H and O–H groups in total. The Labute approximate surface area is 254 Å². The molecular weight excluding hydrogens is 598 g/mol. The van der Waals surface area contributed by atoms with Crippen LogP contribution in [0.2, 0.25) is 5.02 Å². The first-order chi connectivity index (χ1) is 20.3. The number of para-hydroxylation sites is 1. The molecular formula is C30H24ClN3O6S2. The average molecular weight is 622 g/mol. The second kappa shape index (κ2) is 11.3. The van der Waals surface area contributed by atoms with Crippen molar-refractivity contribution >= 4 is 63.8 Å². The number of hydrogen-bond donors (Lipinski definition) is 1. The molecule has 42 heavy (non-hydrogen) atoms. The maximum atomic E-state index is 14.0. The molecule has 2 aliphatic rings. The van der Waals surface area contributed by atoms with E-state index in [1.54, 1.807) is 60.7 Å². The highest BCUT2D eigenvalue weighted by Crippen LogP contribution is 2.54. The molecule has 214 valence electrons. The van der Waals surface area contributed by atoms with Crippen LogP contribution in [0.5, 0.6) is 11.5 Å². The molecule has 0 radical (unpaired) electrons. The molecule has 1 saturated heterocycles. The minimum Gasteiger partial charge on any atom is -0.493 e. The summed E-state index contributed by atoms with van der Waals surface area (Å²) in [6.45, 7) is -0.244. The summed E-state index contributed by atoms with van der Waals surface area (Å²) in [6, 6.07) is 20.8. The molecule has 0 aliphatic carbocycles. The van der Waals surface area contributed by atoms with Crippen LogP contribution in [0.3, 0.4) is 0 Å². The molecule has 0 unspecified atom stereocenters. The van der Waals surface area contributed by atoms with E-state index in [-0.39, 0.29) is 23.2 Å². The van der Waals surface area contributed by atoms with Gasteiger partial charge in [-0.05, 0) is 54.1 Å². The zero-order valence-corrected chi connectivity index (χ0v) is 24.8. The van der Waals surface area contributed by atoms with Gasteiger partial charge in [-0.15, -0.1) is 0 Å². The van der Waals surface area contributed by atoms with Crippen LogP contribution < -0.4 is 24.6 Å². The van der Waals surface area contributed by atoms with Gasteiger partial charge in [-0.2, -0.15) is 0 Å². The number of carbonyl (C=O) groups is 3. The van der Waals surface area contributed by atoms with Gasteiger partial charge in [0.2, 0.25) is 17.7 Å². The number of carbonyl (C=O) groups excluding carboxylic acids is 3. The minimum atomic E-state index is -0.823. The maximum Gasteiger partial charge on any atom is 0.308 e. The fourth-order valence-corrected chi connectivity index (χ4v) is 8.27. The first-order valence-corrected chi connectivity index (χ1v) is 15.0. The predicted octanol–water partition coefficient (Wildman–Crippen LogP) is 5.01. The molecule has 3 aromatic carbocycles. The Balaban J connectivity index is 1.45. The van der Waals surface area contributed by atoms with Crippen molar-refractivity contribution in [3.8, 4) is 11.5 Å². The molecule has 3 atom stereocenters. The first kappa shape index (κ1) is 28.1. The van der Waals surface area contributed by atoms with Gasteiger partial charge in [0.1, 0.15) is 11.8 Å². The summed E-state index contributed by atoms with van der Waals surface area (Å²) >= 11 is 8.19. The topological polar surface area (TPSA) is 107 Å². The fraction of sp³-hybridized carbons (Fsp3) is 0.200. The second-order valence-electron chi connectivity index (χ2n) is 9.68. The van der Waals surface area contributed by atoms with Crippen LogP contribution in [0.25, 0.3) is 0 Å². The number of imide groups is 1. The lowest BCUT2D eigenvalue weighted by molar-refractivity contribution is -0.122. The largest absolute Gasteiger partial charge is 0.493 e. The van der Waals surface area contributed by atoms with Crippen molar-refractivity contribution in [3.05, 3.63) is 97.9 Å². The van der Waals surface area contributed by atoms with Crippen molar-refractivity contribution in [2.24, 2.45) is 5.92 Å². The van der Waals surface area contributed by atoms with Gasteiger partial charge in [0, 0.05) is 21.5 Å². The second-order valence-corrected chi connectivity index (χ2v) is 12.2. The average Bonchev–Trinajstić information content (AvgIpc) is 3.44. The zero-order valence-electron chi connectivity index (χ0n) is 22.4. The lowest BCUT2D eigenvalue weighted by Gasteiger charge is -2.31. The molecule has 0 spiro atoms. The van der Waals surface area contributed by atoms with Gasteiger partial charge in [-0.25, -0.2) is 4.90 Å². The number of thioether (sulfide) groups is 1. The molecule has 2 aliphatic heterocycles. The number of halogens is 1. The van der Waals surface area contributed by atoms with Gasteiger partial charge in [-0.1, -0.05) is 59.0 Å². The highest BCUT2D eigenvalue weighted by atomic mass is 35.5. The number of benzene rings is 3. The molecule has 12 heteroatoms. The van der Waals surface area contributed by atoms with Crippen LogP contribution in [0.1, 0.15) is 16.4 Å². The highest BCUT2D eigenvalue weighted by Gasteiger charge is 2.57. The van der Waals surface area contributed by atoms with Crippen molar-refractivity contribution in [2.45, 2.75) is 22.7 Å². The van der Waals surface area contributed by atoms with Crippen LogP contribution >= 0.6 is 34.7 Å². The number of nitrogens with one attached hydrogen (secondary N) is 1. The number of nitrogens with zero attached hydrogens (tertiary/aromatic N) is 2. The quantitative estimate of drug-likeness (QED) is 0.289. The lowest BCUT2D eigenvalue weighted by Crippen LogP contribution is -2.33. The van der Waals surface area contributed by atoms with E-state index >= 15 is 0 Å². The predicted molar refractivity (Wildman–Crippen MR) is 162 cm³/mol. The molecule has 1 fully saturated rings. The van der Waals surface area contributed by atoms with Gasteiger partial charge in [0.05, 0.1) is 30.9 Å². The van der Waals surface area contributed by atoms with E-state index in [2.05, 4.69) is 5.32 Å². The Morgan fingerprint density at radius 3 is 2.33 bits per heavy atom. The highest BCUT2D eigenvalue weighted by molar-refractivity contribution is 8.00. The molecule has 0 saturated carbocycles. The summed E-state index contributed by atoms with van der Waals surface area (Å²) in [5.74, 6) is -1.64. The number of fused-ring (bicyclic) bond motifs is 2. The van der Waals surface area contributed by atoms with Crippen molar-refractivity contribution in [1.82, 2.24) is 4.57 Å². The third-order valence-electron chi connectivity index (χ3n) is 7.26. The van der Waals surface area contributed by atoms with Gasteiger partial charge in [0.25, 0.3) is 0 Å². The number of thiazole rings is 1. The molecule has 0 bridgehead atoms. The smallest absolute Gasteiger partial charge is 0.308 e. The van der Waals surface area contributed by atoms with Crippen LogP contribution in [-0.4, -0.2) is 41.8 Å². The number of amides is 3. The SMILES string of the molecule is COc1ccc([C@@H]2c3sc(=O)n(CC(=O)Nc4ccccc4)c3S[C@@H]3C(=O)N(c4ccc(Cl)cc4)C(=O)[C@H]23)cc1OC. The van der Waals surface area contributed by atoms with Crippen LogP contribution in [0, 0.1) is 5.92 Å². The standard InChI is InChI=1S/C30H24ClN3O6S2/c1-39-20-13-8-16(14-21(20)40-2)23-24-25(28(37)34(27(24)36)19-11-9-17(31)10-12-19)41-29-26(23)42-30(38)33(29)15-22(35)32-18-6-4-3-5-7-18/h3-14,23-25H,15H2,1-2H3,(H,32,35)/t23-,24+,25-/m0/s1. The summed E-state index contributed by atoms with van der Waals surface area (Å²) in [5.41, 5.74) is 1.70. The zero-order chi connectivity index (χ0) is 29.5. The molecule has 3 heterocycles. The Bertz CT molecular complexity index is 1760. The van der Waals surface area contributed by atoms with E-state index < -0.39 is 23.0 Å². The monoisotopic (exact) mass is 621 g/mol. The van der Waals surface area contributed by atoms with Gasteiger partial charge < -0.3 is 14.8 Å². The summed E-state index contributed by atoms with van der Waals surface area (Å²) in [6.07, 6.45) is 0. The number of hydrogen-bond acceptors (Lipinski definition) is 8. The number of methoxy groups -OCH3 is 2. The minimum absolute atomic E-state index is 0.244. The Kier molecular flexibility index (Phi) is 7.56. The molecule has 9 nitrogen and oxygen atoms in total. The van der Waals surface area contributed by atoms with E-state index in [0.29, 0.717) is 43.4 Å². The number of anilines is 2. The summed E-state index contributed by atoms with van der Waals surface area (Å²) in [5, 5.41) is 2.96. The van der Waals surface area contributed by atoms with Crippen LogP contribution in [-0.2, 0) is 20.9 Å². The van der Waals surface area contributed by atoms with Gasteiger partial charge >= 0.3 is 4.87 Å². The van der Waals surface area contributed by atoms with Crippen molar-refractivity contribution in [1.29, 1.82) is 0 Å². The van der Waals surface area contributed by atoms with Crippen molar-refractivity contribution in [2.75, 3.05) is 24.4 Å². The Morgan fingerprint density at radius 1 is 0.929 bits per heavy atom. The molecule has 3 amide bonds. The summed E-state index contributed by atoms with van der Waals surface area (Å²) in [4.78, 5) is 55.7. The first-order valence-electron chi connectivity index (χ1n) is 12.9. The third kappa shape index (κ3) is 4.87. The van der Waals surface area contributed by atoms with Crippen molar-refractivity contribution < 1.29 is 23.9 Å². The maximum absolute atomic E-state index is 14.0. The van der Waals surface area contributed by atoms with Gasteiger partial charge in [0.15, 0.2) is 11.5 Å². The lowest BCUT2D eigenvalue weighted by atomic mass is 9.83. The molecule has 4 aromatic rings. The van der Waals surface area contributed by atoms with Crippen LogP contribution in [0.15, 0.2) is 82.6 Å². The number of aromatic nitrogens is 1. The fourth-order valence-electron chi connectivity index (χ4n) is 5.37. The van der Waals surface area contributed by atoms with Crippen molar-refractivity contribution in [3.63, 3.8) is 0 Å². The van der Waals surface area contributed by atoms with Crippen LogP contribution in [0.4, 0.5) is 11.4 Å². The van der Waals surface area contributed by atoms with E-state index in [0.717, 1.165) is 23.1 Å². The Morgan fingerprint density at radius 2 is 1.64 bits per heavy atom. The molecule has 1 aromatic heterocycles. The normalized spacial score (nSPS) is 19.3. The van der Waals surface area contributed by atoms with E-state index in [1.165, 1.54) is 23.7 Å². The number of rotatable bonds is 7. The van der Waals surface area contributed by atoms with E-state index in [9.17, 15) is 19.2 Å². The van der Waals surface area contributed by atoms with E-state index in [4.69, 9.17) is 21.1 Å². The third-order valence-corrected chi connectivity index (χ3v) is 10.1. The summed E-state index contributed by atoms with van der Waals surface area (Å²) in [7, 11) is 3.04. The molecule has 6 rings (SSSR count). The summed E-state index contributed by atoms with van der Waals surface area (Å²) < 4.78 is 12.3. The van der Waals surface area contributed by atoms with Gasteiger partial charge in [-0.3, -0.25) is 23.7 Å². The Hall–Kier alpha value is -4.06. The van der Waals surface area contributed by atoms with E-state index in [1.807, 2.05) is 12.1 Å².